The van der Waals surface area contributed by atoms with Gasteiger partial charge in [-0.05, 0) is 36.4 Å². The molecular formula is C21H19N9. The minimum atomic E-state index is -1.39. The van der Waals surface area contributed by atoms with Gasteiger partial charge in [-0.1, -0.05) is 24.3 Å². The Hall–Kier alpha value is -4.14. The van der Waals surface area contributed by atoms with Crippen molar-refractivity contribution in [2.75, 3.05) is 0 Å². The van der Waals surface area contributed by atoms with Crippen molar-refractivity contribution in [3.05, 3.63) is 93.5 Å². The van der Waals surface area contributed by atoms with Crippen molar-refractivity contribution >= 4 is 11.7 Å². The monoisotopic (exact) mass is 397 g/mol. The van der Waals surface area contributed by atoms with Gasteiger partial charge in [-0.25, -0.2) is 20.0 Å². The van der Waals surface area contributed by atoms with Crippen LogP contribution in [0, 0.1) is 10.8 Å². The summed E-state index contributed by atoms with van der Waals surface area (Å²) in [5.41, 5.74) is 10.4. The Labute approximate surface area is 170 Å². The molecule has 0 spiro atoms. The smallest absolute Gasteiger partial charge is 0.248 e. The Morgan fingerprint density at radius 2 is 0.967 bits per heavy atom. The van der Waals surface area contributed by atoms with Gasteiger partial charge >= 0.3 is 0 Å². The Morgan fingerprint density at radius 3 is 1.23 bits per heavy atom. The molecule has 0 saturated carbocycles. The molecule has 0 aliphatic carbocycles. The van der Waals surface area contributed by atoms with Crippen LogP contribution in [0.2, 0.25) is 0 Å². The molecule has 9 heteroatoms. The normalized spacial score (nSPS) is 17.0. The molecule has 3 heterocycles. The Balaban J connectivity index is 1.75. The third kappa shape index (κ3) is 2.22. The molecule has 2 aliphatic heterocycles. The molecule has 0 atom stereocenters. The quantitative estimate of drug-likeness (QED) is 0.333. The van der Waals surface area contributed by atoms with E-state index >= 15 is 0 Å². The summed E-state index contributed by atoms with van der Waals surface area (Å²) in [4.78, 5) is 18.7. The first kappa shape index (κ1) is 17.9. The Morgan fingerprint density at radius 1 is 0.667 bits per heavy atom. The van der Waals surface area contributed by atoms with Gasteiger partial charge in [-0.3, -0.25) is 10.8 Å². The molecule has 0 bridgehead atoms. The zero-order valence-electron chi connectivity index (χ0n) is 16.2. The van der Waals surface area contributed by atoms with Crippen molar-refractivity contribution in [3.63, 3.8) is 0 Å². The number of fused-ring (bicyclic) bond motifs is 2. The lowest BCUT2D eigenvalue weighted by Gasteiger charge is -2.26. The zero-order chi connectivity index (χ0) is 21.1. The number of nitrogens with one attached hydrogen (secondary N) is 2. The molecule has 2 aliphatic rings. The van der Waals surface area contributed by atoms with E-state index in [4.69, 9.17) is 22.3 Å². The van der Waals surface area contributed by atoms with E-state index in [2.05, 4.69) is 20.0 Å². The molecule has 9 nitrogen and oxygen atoms in total. The number of hydrogen-bond acceptors (Lipinski definition) is 6. The molecule has 6 N–H and O–H groups in total. The topological polar surface area (TPSA) is 154 Å². The minimum Gasteiger partial charge on any atom is -0.384 e. The van der Waals surface area contributed by atoms with Crippen LogP contribution in [0.25, 0.3) is 0 Å². The highest BCUT2D eigenvalue weighted by Crippen LogP contribution is 2.35. The summed E-state index contributed by atoms with van der Waals surface area (Å²) < 4.78 is 1.78. The van der Waals surface area contributed by atoms with Gasteiger partial charge in [0.15, 0.2) is 0 Å². The number of hydrogen-bond donors (Lipinski definition) is 4. The average molecular weight is 397 g/mol. The van der Waals surface area contributed by atoms with Crippen molar-refractivity contribution in [1.29, 1.82) is 10.8 Å². The Bertz CT molecular complexity index is 1300. The van der Waals surface area contributed by atoms with E-state index in [1.54, 1.807) is 23.7 Å². The second-order valence-corrected chi connectivity index (χ2v) is 7.26. The molecule has 0 amide bonds. The number of nitrogens with two attached hydrogens (primary N) is 2. The fourth-order valence-electron chi connectivity index (χ4n) is 4.01. The highest BCUT2D eigenvalue weighted by molar-refractivity contribution is 5.90. The third-order valence-corrected chi connectivity index (χ3v) is 5.48. The van der Waals surface area contributed by atoms with Crippen LogP contribution in [0.15, 0.2) is 80.6 Å². The molecule has 30 heavy (non-hydrogen) atoms. The predicted molar refractivity (Wildman–Crippen MR) is 110 cm³/mol. The minimum absolute atomic E-state index is 0.202. The van der Waals surface area contributed by atoms with Gasteiger partial charge in [-0.2, -0.15) is 0 Å². The van der Waals surface area contributed by atoms with Crippen LogP contribution < -0.4 is 32.9 Å². The summed E-state index contributed by atoms with van der Waals surface area (Å²) in [5.74, 6) is -0.404. The van der Waals surface area contributed by atoms with Crippen molar-refractivity contribution in [2.24, 2.45) is 38.5 Å². The molecular weight excluding hydrogens is 378 g/mol. The summed E-state index contributed by atoms with van der Waals surface area (Å²) in [6.07, 6.45) is 0. The fourth-order valence-corrected chi connectivity index (χ4v) is 4.01. The molecule has 0 saturated heterocycles. The first-order valence-corrected chi connectivity index (χ1v) is 9.33. The first-order chi connectivity index (χ1) is 14.4. The lowest BCUT2D eigenvalue weighted by Crippen LogP contribution is -2.41. The maximum absolute atomic E-state index is 8.27. The maximum atomic E-state index is 8.27. The second kappa shape index (κ2) is 5.93. The number of aromatic nitrogens is 1. The number of rotatable bonds is 4. The van der Waals surface area contributed by atoms with Gasteiger partial charge in [0.1, 0.15) is 11.7 Å². The van der Waals surface area contributed by atoms with E-state index in [1.807, 2.05) is 48.5 Å². The van der Waals surface area contributed by atoms with Crippen molar-refractivity contribution in [2.45, 2.75) is 11.3 Å². The van der Waals surface area contributed by atoms with E-state index in [0.717, 1.165) is 0 Å². The van der Waals surface area contributed by atoms with E-state index in [-0.39, 0.29) is 11.7 Å². The summed E-state index contributed by atoms with van der Waals surface area (Å²) in [6, 6.07) is 18.4. The molecule has 0 radical (unpaired) electrons. The zero-order valence-corrected chi connectivity index (χ0v) is 16.2. The van der Waals surface area contributed by atoms with Crippen LogP contribution in [-0.4, -0.2) is 16.2 Å². The molecule has 0 fully saturated rings. The van der Waals surface area contributed by atoms with Crippen LogP contribution in [0.3, 0.4) is 0 Å². The van der Waals surface area contributed by atoms with Gasteiger partial charge in [0.2, 0.25) is 11.3 Å². The predicted octanol–water partition coefficient (Wildman–Crippen LogP) is -0.891. The van der Waals surface area contributed by atoms with E-state index in [1.165, 1.54) is 0 Å². The van der Waals surface area contributed by atoms with Crippen molar-refractivity contribution < 1.29 is 0 Å². The van der Waals surface area contributed by atoms with E-state index in [9.17, 15) is 0 Å². The van der Waals surface area contributed by atoms with Gasteiger partial charge in [0.25, 0.3) is 0 Å². The van der Waals surface area contributed by atoms with Crippen LogP contribution in [0.4, 0.5) is 0 Å². The average Bonchev–Trinajstić information content (AvgIpc) is 3.41. The molecule has 2 aromatic carbocycles. The van der Waals surface area contributed by atoms with Crippen molar-refractivity contribution in [3.8, 4) is 0 Å². The fraction of sp³-hybridized carbons (Fsp3) is 0.143. The number of para-hydroxylation sites is 4. The largest absolute Gasteiger partial charge is 0.384 e. The number of amidine groups is 2. The summed E-state index contributed by atoms with van der Waals surface area (Å²) in [5, 5.41) is 19.2. The van der Waals surface area contributed by atoms with Gasteiger partial charge in [-0.15, -0.1) is 0 Å². The highest BCUT2D eigenvalue weighted by atomic mass is 15.2. The number of nitrogens with zero attached hydrogens (tertiary/aromatic N) is 5. The van der Waals surface area contributed by atoms with Gasteiger partial charge in [0.05, 0.1) is 32.8 Å². The first-order valence-electron chi connectivity index (χ1n) is 9.33. The number of benzene rings is 2. The maximum Gasteiger partial charge on any atom is 0.248 e. The SMILES string of the molecule is Cn1c(C2(C(=N)N)N=c3ccccc3=N2)ccc1C1(C(=N)N)N=c2ccccc2=N1. The van der Waals surface area contributed by atoms with Gasteiger partial charge < -0.3 is 16.0 Å². The highest BCUT2D eigenvalue weighted by Gasteiger charge is 2.45. The molecule has 148 valence electrons. The second-order valence-electron chi connectivity index (χ2n) is 7.26. The molecule has 3 aromatic rings. The summed E-state index contributed by atoms with van der Waals surface area (Å²) in [6.45, 7) is 0. The van der Waals surface area contributed by atoms with Crippen molar-refractivity contribution in [1.82, 2.24) is 4.57 Å². The van der Waals surface area contributed by atoms with Crippen LogP contribution in [-0.2, 0) is 18.4 Å². The van der Waals surface area contributed by atoms with Gasteiger partial charge in [0, 0.05) is 7.05 Å². The molecule has 0 unspecified atom stereocenters. The summed E-state index contributed by atoms with van der Waals surface area (Å²) in [7, 11) is 1.79. The van der Waals surface area contributed by atoms with Crippen LogP contribution >= 0.6 is 0 Å². The Kier molecular flexibility index (Phi) is 3.54. The van der Waals surface area contributed by atoms with Crippen LogP contribution in [0.1, 0.15) is 11.4 Å². The standard InChI is InChI=1S/C21H19N9/c1-30-16(20(18(22)23)26-12-6-2-3-7-13(12)27-20)10-11-17(30)21(19(24)25)28-14-8-4-5-9-15(14)29-21/h2-11H,1H3,(H3,22,23)(H3,24,25). The molecule has 5 rings (SSSR count). The van der Waals surface area contributed by atoms with E-state index < -0.39 is 11.3 Å². The van der Waals surface area contributed by atoms with E-state index in [0.29, 0.717) is 32.8 Å². The lowest BCUT2D eigenvalue weighted by molar-refractivity contribution is 0.530. The lowest BCUT2D eigenvalue weighted by atomic mass is 10.1. The summed E-state index contributed by atoms with van der Waals surface area (Å²) >= 11 is 0. The third-order valence-electron chi connectivity index (χ3n) is 5.48. The van der Waals surface area contributed by atoms with Crippen LogP contribution in [0.5, 0.6) is 0 Å². The molecule has 1 aromatic heterocycles.